The molecule has 1 saturated heterocycles. The predicted molar refractivity (Wildman–Crippen MR) is 75.0 cm³/mol. The van der Waals surface area contributed by atoms with Gasteiger partial charge in [0.15, 0.2) is 0 Å². The average molecular weight is 255 g/mol. The summed E-state index contributed by atoms with van der Waals surface area (Å²) < 4.78 is 0. The van der Waals surface area contributed by atoms with Crippen molar-refractivity contribution in [2.45, 2.75) is 6.42 Å². The first-order valence-electron chi connectivity index (χ1n) is 6.61. The number of aromatic nitrogens is 3. The zero-order valence-corrected chi connectivity index (χ0v) is 10.8. The first-order chi connectivity index (χ1) is 9.43. The van der Waals surface area contributed by atoms with Gasteiger partial charge in [-0.2, -0.15) is 0 Å². The second kappa shape index (κ2) is 5.75. The number of anilines is 1. The maximum absolute atomic E-state index is 4.49. The van der Waals surface area contributed by atoms with Gasteiger partial charge in [-0.3, -0.25) is 4.98 Å². The van der Waals surface area contributed by atoms with Crippen molar-refractivity contribution in [3.05, 3.63) is 36.9 Å². The number of hydrogen-bond donors (Lipinski definition) is 1. The van der Waals surface area contributed by atoms with Gasteiger partial charge >= 0.3 is 0 Å². The van der Waals surface area contributed by atoms with Gasteiger partial charge in [-0.1, -0.05) is 0 Å². The third-order valence-electron chi connectivity index (χ3n) is 3.27. The van der Waals surface area contributed by atoms with Crippen molar-refractivity contribution in [2.24, 2.45) is 0 Å². The number of rotatable bonds is 2. The Bertz CT molecular complexity index is 503. The first-order valence-corrected chi connectivity index (χ1v) is 6.61. The molecule has 19 heavy (non-hydrogen) atoms. The minimum Gasteiger partial charge on any atom is -0.340 e. The van der Waals surface area contributed by atoms with Crippen LogP contribution >= 0.6 is 0 Å². The minimum absolute atomic E-state index is 0.821. The van der Waals surface area contributed by atoms with Crippen molar-refractivity contribution in [3.63, 3.8) is 0 Å². The summed E-state index contributed by atoms with van der Waals surface area (Å²) in [5.74, 6) is 0.821. The summed E-state index contributed by atoms with van der Waals surface area (Å²) in [7, 11) is 0. The highest BCUT2D eigenvalue weighted by atomic mass is 15.3. The first kappa shape index (κ1) is 12.0. The van der Waals surface area contributed by atoms with E-state index in [4.69, 9.17) is 0 Å². The van der Waals surface area contributed by atoms with Crippen molar-refractivity contribution in [1.29, 1.82) is 0 Å². The van der Waals surface area contributed by atoms with E-state index in [0.717, 1.165) is 49.7 Å². The molecule has 98 valence electrons. The molecule has 2 aromatic heterocycles. The van der Waals surface area contributed by atoms with E-state index < -0.39 is 0 Å². The van der Waals surface area contributed by atoms with Crippen LogP contribution in [0.5, 0.6) is 0 Å². The van der Waals surface area contributed by atoms with Crippen LogP contribution in [-0.2, 0) is 0 Å². The quantitative estimate of drug-likeness (QED) is 0.877. The standard InChI is InChI=1S/C14H17N5/c1-4-15-7-9-19(8-1)14-17-10-13(11-18-14)12-2-5-16-6-3-12/h2-3,5-6,10-11,15H,1,4,7-9H2. The summed E-state index contributed by atoms with van der Waals surface area (Å²) in [6.45, 7) is 4.05. The maximum atomic E-state index is 4.49. The van der Waals surface area contributed by atoms with Gasteiger partial charge in [0.05, 0.1) is 0 Å². The van der Waals surface area contributed by atoms with E-state index >= 15 is 0 Å². The molecule has 0 amide bonds. The van der Waals surface area contributed by atoms with Crippen LogP contribution in [0, 0.1) is 0 Å². The normalized spacial score (nSPS) is 16.1. The molecule has 2 aromatic rings. The molecular formula is C14H17N5. The lowest BCUT2D eigenvalue weighted by Crippen LogP contribution is -2.29. The Labute approximate surface area is 112 Å². The van der Waals surface area contributed by atoms with E-state index in [-0.39, 0.29) is 0 Å². The topological polar surface area (TPSA) is 53.9 Å². The molecule has 1 aliphatic rings. The molecule has 0 bridgehead atoms. The van der Waals surface area contributed by atoms with Crippen LogP contribution in [0.15, 0.2) is 36.9 Å². The Morgan fingerprint density at radius 3 is 2.53 bits per heavy atom. The summed E-state index contributed by atoms with van der Waals surface area (Å²) >= 11 is 0. The van der Waals surface area contributed by atoms with Gasteiger partial charge in [0.2, 0.25) is 5.95 Å². The Morgan fingerprint density at radius 2 is 1.74 bits per heavy atom. The zero-order valence-electron chi connectivity index (χ0n) is 10.8. The predicted octanol–water partition coefficient (Wildman–Crippen LogP) is 1.34. The van der Waals surface area contributed by atoms with Crippen LogP contribution in [0.3, 0.4) is 0 Å². The van der Waals surface area contributed by atoms with Crippen LogP contribution in [0.4, 0.5) is 5.95 Å². The molecule has 1 fully saturated rings. The Morgan fingerprint density at radius 1 is 0.947 bits per heavy atom. The van der Waals surface area contributed by atoms with Crippen molar-refractivity contribution >= 4 is 5.95 Å². The smallest absolute Gasteiger partial charge is 0.225 e. The van der Waals surface area contributed by atoms with Crippen molar-refractivity contribution in [1.82, 2.24) is 20.3 Å². The molecule has 0 saturated carbocycles. The molecule has 0 atom stereocenters. The molecule has 0 spiro atoms. The second-order valence-electron chi connectivity index (χ2n) is 4.60. The lowest BCUT2D eigenvalue weighted by atomic mass is 10.1. The van der Waals surface area contributed by atoms with Gasteiger partial charge < -0.3 is 10.2 Å². The highest BCUT2D eigenvalue weighted by molar-refractivity contribution is 5.61. The van der Waals surface area contributed by atoms with Gasteiger partial charge in [-0.25, -0.2) is 9.97 Å². The van der Waals surface area contributed by atoms with Gasteiger partial charge in [0.25, 0.3) is 0 Å². The average Bonchev–Trinajstić information content (AvgIpc) is 2.77. The van der Waals surface area contributed by atoms with Crippen LogP contribution in [0.1, 0.15) is 6.42 Å². The molecule has 3 heterocycles. The SMILES string of the molecule is c1cc(-c2cnc(N3CCCNCC3)nc2)ccn1. The largest absolute Gasteiger partial charge is 0.340 e. The zero-order chi connectivity index (χ0) is 12.9. The van der Waals surface area contributed by atoms with E-state index in [1.807, 2.05) is 24.5 Å². The highest BCUT2D eigenvalue weighted by Gasteiger charge is 2.11. The highest BCUT2D eigenvalue weighted by Crippen LogP contribution is 2.18. The lowest BCUT2D eigenvalue weighted by Gasteiger charge is -2.19. The van der Waals surface area contributed by atoms with Crippen molar-refractivity contribution in [2.75, 3.05) is 31.1 Å². The van der Waals surface area contributed by atoms with Gasteiger partial charge in [-0.15, -0.1) is 0 Å². The molecule has 0 radical (unpaired) electrons. The molecule has 0 aliphatic carbocycles. The van der Waals surface area contributed by atoms with E-state index in [0.29, 0.717) is 0 Å². The lowest BCUT2D eigenvalue weighted by molar-refractivity contribution is 0.724. The molecule has 1 aliphatic heterocycles. The molecule has 3 rings (SSSR count). The molecule has 0 aromatic carbocycles. The Balaban J connectivity index is 1.78. The molecule has 5 nitrogen and oxygen atoms in total. The van der Waals surface area contributed by atoms with Crippen molar-refractivity contribution < 1.29 is 0 Å². The third-order valence-corrected chi connectivity index (χ3v) is 3.27. The van der Waals surface area contributed by atoms with Crippen LogP contribution in [-0.4, -0.2) is 41.1 Å². The Kier molecular flexibility index (Phi) is 3.65. The number of hydrogen-bond acceptors (Lipinski definition) is 5. The molecule has 0 unspecified atom stereocenters. The fourth-order valence-corrected chi connectivity index (χ4v) is 2.22. The summed E-state index contributed by atoms with van der Waals surface area (Å²) in [6, 6.07) is 3.93. The minimum atomic E-state index is 0.821. The number of nitrogens with zero attached hydrogens (tertiary/aromatic N) is 4. The molecule has 5 heteroatoms. The molecule has 1 N–H and O–H groups in total. The number of nitrogens with one attached hydrogen (secondary N) is 1. The summed E-state index contributed by atoms with van der Waals surface area (Å²) in [5, 5.41) is 3.38. The summed E-state index contributed by atoms with van der Waals surface area (Å²) in [5.41, 5.74) is 2.12. The third kappa shape index (κ3) is 2.88. The van der Waals surface area contributed by atoms with Gasteiger partial charge in [0.1, 0.15) is 0 Å². The van der Waals surface area contributed by atoms with Gasteiger partial charge in [-0.05, 0) is 30.7 Å². The molecular weight excluding hydrogens is 238 g/mol. The van der Waals surface area contributed by atoms with Crippen LogP contribution in [0.25, 0.3) is 11.1 Å². The van der Waals surface area contributed by atoms with E-state index in [1.54, 1.807) is 12.4 Å². The van der Waals surface area contributed by atoms with E-state index in [9.17, 15) is 0 Å². The number of pyridine rings is 1. The maximum Gasteiger partial charge on any atom is 0.225 e. The fraction of sp³-hybridized carbons (Fsp3) is 0.357. The fourth-order valence-electron chi connectivity index (χ4n) is 2.22. The summed E-state index contributed by atoms with van der Waals surface area (Å²) in [6.07, 6.45) is 8.47. The summed E-state index contributed by atoms with van der Waals surface area (Å²) in [4.78, 5) is 15.2. The van der Waals surface area contributed by atoms with Crippen LogP contribution in [0.2, 0.25) is 0 Å². The second-order valence-corrected chi connectivity index (χ2v) is 4.60. The Hall–Kier alpha value is -2.01. The van der Waals surface area contributed by atoms with Crippen LogP contribution < -0.4 is 10.2 Å². The van der Waals surface area contributed by atoms with Crippen molar-refractivity contribution in [3.8, 4) is 11.1 Å². The van der Waals surface area contributed by atoms with E-state index in [2.05, 4.69) is 25.2 Å². The van der Waals surface area contributed by atoms with Gasteiger partial charge in [0, 0.05) is 50.0 Å². The monoisotopic (exact) mass is 255 g/mol. The van der Waals surface area contributed by atoms with E-state index in [1.165, 1.54) is 0 Å².